The molecule has 7 nitrogen and oxygen atoms in total. The number of pyridine rings is 1. The summed E-state index contributed by atoms with van der Waals surface area (Å²) in [5.41, 5.74) is 7.57. The van der Waals surface area contributed by atoms with E-state index in [0.29, 0.717) is 43.0 Å². The minimum atomic E-state index is 0.298. The van der Waals surface area contributed by atoms with Crippen molar-refractivity contribution in [2.24, 2.45) is 0 Å². The van der Waals surface area contributed by atoms with E-state index in [1.807, 2.05) is 19.1 Å². The summed E-state index contributed by atoms with van der Waals surface area (Å²) in [7, 11) is 1.59. The summed E-state index contributed by atoms with van der Waals surface area (Å²) in [5.74, 6) is 1.46. The van der Waals surface area contributed by atoms with Crippen LogP contribution in [0.5, 0.6) is 5.88 Å². The minimum Gasteiger partial charge on any atom is -0.476 e. The molecule has 2 heterocycles. The SMILES string of the molecule is CCCOc1nc(COC)nc(NCc2ccncc2)c1N. The fraction of sp³-hybridized carbons (Fsp3) is 0.400. The summed E-state index contributed by atoms with van der Waals surface area (Å²) in [5, 5.41) is 3.21. The van der Waals surface area contributed by atoms with Crippen LogP contribution >= 0.6 is 0 Å². The molecule has 118 valence electrons. The summed E-state index contributed by atoms with van der Waals surface area (Å²) in [4.78, 5) is 12.6. The number of anilines is 2. The summed E-state index contributed by atoms with van der Waals surface area (Å²) in [6.07, 6.45) is 4.36. The van der Waals surface area contributed by atoms with E-state index in [9.17, 15) is 0 Å². The molecule has 0 aliphatic carbocycles. The van der Waals surface area contributed by atoms with Gasteiger partial charge in [-0.25, -0.2) is 4.98 Å². The van der Waals surface area contributed by atoms with Gasteiger partial charge in [-0.2, -0.15) is 4.98 Å². The third-order valence-corrected chi connectivity index (χ3v) is 2.88. The molecule has 3 N–H and O–H groups in total. The number of hydrogen-bond donors (Lipinski definition) is 2. The van der Waals surface area contributed by atoms with Crippen LogP contribution in [0, 0.1) is 0 Å². The lowest BCUT2D eigenvalue weighted by molar-refractivity contribution is 0.176. The average molecular weight is 303 g/mol. The minimum absolute atomic E-state index is 0.298. The lowest BCUT2D eigenvalue weighted by Crippen LogP contribution is -2.11. The molecule has 0 saturated heterocycles. The van der Waals surface area contributed by atoms with Crippen LogP contribution in [0.1, 0.15) is 24.7 Å². The van der Waals surface area contributed by atoms with Gasteiger partial charge in [-0.3, -0.25) is 4.98 Å². The van der Waals surface area contributed by atoms with E-state index in [-0.39, 0.29) is 0 Å². The highest BCUT2D eigenvalue weighted by Gasteiger charge is 2.13. The van der Waals surface area contributed by atoms with E-state index in [2.05, 4.69) is 20.3 Å². The van der Waals surface area contributed by atoms with Crippen LogP contribution in [0.3, 0.4) is 0 Å². The first-order valence-corrected chi connectivity index (χ1v) is 7.15. The van der Waals surface area contributed by atoms with Gasteiger partial charge in [-0.15, -0.1) is 0 Å². The second-order valence-corrected chi connectivity index (χ2v) is 4.70. The highest BCUT2D eigenvalue weighted by atomic mass is 16.5. The van der Waals surface area contributed by atoms with Gasteiger partial charge in [0.2, 0.25) is 5.88 Å². The molecular formula is C15H21N5O2. The highest BCUT2D eigenvalue weighted by molar-refractivity contribution is 5.67. The first kappa shape index (κ1) is 16.0. The van der Waals surface area contributed by atoms with Crippen molar-refractivity contribution < 1.29 is 9.47 Å². The Hall–Kier alpha value is -2.41. The smallest absolute Gasteiger partial charge is 0.242 e. The van der Waals surface area contributed by atoms with Crippen molar-refractivity contribution in [1.29, 1.82) is 0 Å². The molecule has 0 amide bonds. The first-order chi connectivity index (χ1) is 10.7. The molecule has 0 saturated carbocycles. The van der Waals surface area contributed by atoms with E-state index in [1.54, 1.807) is 19.5 Å². The third-order valence-electron chi connectivity index (χ3n) is 2.88. The summed E-state index contributed by atoms with van der Waals surface area (Å²) in [6, 6.07) is 3.85. The van der Waals surface area contributed by atoms with Gasteiger partial charge in [-0.1, -0.05) is 6.92 Å². The highest BCUT2D eigenvalue weighted by Crippen LogP contribution is 2.26. The Balaban J connectivity index is 2.18. The van der Waals surface area contributed by atoms with E-state index < -0.39 is 0 Å². The lowest BCUT2D eigenvalue weighted by atomic mass is 10.2. The van der Waals surface area contributed by atoms with E-state index in [0.717, 1.165) is 12.0 Å². The normalized spacial score (nSPS) is 10.5. The zero-order chi connectivity index (χ0) is 15.8. The van der Waals surface area contributed by atoms with E-state index >= 15 is 0 Å². The van der Waals surface area contributed by atoms with Gasteiger partial charge >= 0.3 is 0 Å². The summed E-state index contributed by atoms with van der Waals surface area (Å²) < 4.78 is 10.7. The van der Waals surface area contributed by atoms with E-state index in [1.165, 1.54) is 0 Å². The number of nitrogens with zero attached hydrogens (tertiary/aromatic N) is 3. The van der Waals surface area contributed by atoms with Crippen LogP contribution in [0.4, 0.5) is 11.5 Å². The molecule has 0 aromatic carbocycles. The topological polar surface area (TPSA) is 95.2 Å². The molecule has 0 fully saturated rings. The summed E-state index contributed by atoms with van der Waals surface area (Å²) >= 11 is 0. The summed E-state index contributed by atoms with van der Waals surface area (Å²) in [6.45, 7) is 3.46. The molecule has 0 unspecified atom stereocenters. The number of aromatic nitrogens is 3. The largest absolute Gasteiger partial charge is 0.476 e. The van der Waals surface area contributed by atoms with Crippen molar-refractivity contribution in [1.82, 2.24) is 15.0 Å². The van der Waals surface area contributed by atoms with Gasteiger partial charge in [0.25, 0.3) is 0 Å². The number of methoxy groups -OCH3 is 1. The molecule has 2 rings (SSSR count). The molecule has 0 aliphatic rings. The average Bonchev–Trinajstić information content (AvgIpc) is 2.55. The van der Waals surface area contributed by atoms with Gasteiger partial charge in [0.1, 0.15) is 12.3 Å². The molecule has 2 aromatic rings. The van der Waals surface area contributed by atoms with Crippen molar-refractivity contribution in [3.8, 4) is 5.88 Å². The molecule has 0 radical (unpaired) electrons. The molecule has 0 atom stereocenters. The fourth-order valence-corrected chi connectivity index (χ4v) is 1.82. The van der Waals surface area contributed by atoms with Crippen molar-refractivity contribution >= 4 is 11.5 Å². The van der Waals surface area contributed by atoms with Crippen molar-refractivity contribution in [3.63, 3.8) is 0 Å². The van der Waals surface area contributed by atoms with Crippen molar-refractivity contribution in [3.05, 3.63) is 35.9 Å². The van der Waals surface area contributed by atoms with Gasteiger partial charge in [0.15, 0.2) is 11.6 Å². The Morgan fingerprint density at radius 1 is 1.23 bits per heavy atom. The van der Waals surface area contributed by atoms with Crippen molar-refractivity contribution in [2.75, 3.05) is 24.8 Å². The second kappa shape index (κ2) is 8.14. The number of nitrogen functional groups attached to an aromatic ring is 1. The Labute approximate surface area is 129 Å². The Kier molecular flexibility index (Phi) is 5.91. The van der Waals surface area contributed by atoms with E-state index in [4.69, 9.17) is 15.2 Å². The number of nitrogens with one attached hydrogen (secondary N) is 1. The molecule has 22 heavy (non-hydrogen) atoms. The zero-order valence-electron chi connectivity index (χ0n) is 12.9. The first-order valence-electron chi connectivity index (χ1n) is 7.15. The standard InChI is InChI=1S/C15H21N5O2/c1-3-8-22-15-13(16)14(19-12(20-15)10-21-2)18-9-11-4-6-17-7-5-11/h4-7H,3,8-10,16H2,1-2H3,(H,18,19,20). The lowest BCUT2D eigenvalue weighted by Gasteiger charge is -2.14. The molecule has 2 aromatic heterocycles. The number of rotatable bonds is 8. The predicted octanol–water partition coefficient (Wildman–Crippen LogP) is 2.00. The number of ether oxygens (including phenoxy) is 2. The maximum Gasteiger partial charge on any atom is 0.242 e. The van der Waals surface area contributed by atoms with Crippen LogP contribution in [-0.4, -0.2) is 28.7 Å². The maximum absolute atomic E-state index is 6.09. The fourth-order valence-electron chi connectivity index (χ4n) is 1.82. The monoisotopic (exact) mass is 303 g/mol. The van der Waals surface area contributed by atoms with Gasteiger partial charge in [0.05, 0.1) is 6.61 Å². The Morgan fingerprint density at radius 3 is 2.68 bits per heavy atom. The Bertz CT molecular complexity index is 592. The molecule has 7 heteroatoms. The quantitative estimate of drug-likeness (QED) is 0.770. The molecule has 0 bridgehead atoms. The van der Waals surface area contributed by atoms with Crippen LogP contribution in [0.15, 0.2) is 24.5 Å². The van der Waals surface area contributed by atoms with Crippen LogP contribution in [-0.2, 0) is 17.9 Å². The molecule has 0 aliphatic heterocycles. The molecular weight excluding hydrogens is 282 g/mol. The van der Waals surface area contributed by atoms with Crippen LogP contribution < -0.4 is 15.8 Å². The van der Waals surface area contributed by atoms with Gasteiger partial charge in [-0.05, 0) is 24.1 Å². The predicted molar refractivity (Wildman–Crippen MR) is 84.5 cm³/mol. The van der Waals surface area contributed by atoms with Gasteiger partial charge in [0, 0.05) is 26.0 Å². The van der Waals surface area contributed by atoms with Crippen LogP contribution in [0.2, 0.25) is 0 Å². The van der Waals surface area contributed by atoms with Crippen LogP contribution in [0.25, 0.3) is 0 Å². The Morgan fingerprint density at radius 2 is 2.00 bits per heavy atom. The maximum atomic E-state index is 6.09. The van der Waals surface area contributed by atoms with Gasteiger partial charge < -0.3 is 20.5 Å². The zero-order valence-corrected chi connectivity index (χ0v) is 12.9. The second-order valence-electron chi connectivity index (χ2n) is 4.70. The number of nitrogens with two attached hydrogens (primary N) is 1. The third kappa shape index (κ3) is 4.29. The molecule has 0 spiro atoms. The number of hydrogen-bond acceptors (Lipinski definition) is 7. The van der Waals surface area contributed by atoms with Crippen molar-refractivity contribution in [2.45, 2.75) is 26.5 Å².